The molecule has 14 nitrogen and oxygen atoms in total. The number of hydrogen-bond donors (Lipinski definition) is 5. The van der Waals surface area contributed by atoms with Gasteiger partial charge in [-0.15, -0.1) is 93.1 Å². The largest absolute Gasteiger partial charge is 0.507 e. The van der Waals surface area contributed by atoms with Crippen molar-refractivity contribution in [3.05, 3.63) is 176 Å². The number of amides is 4. The Morgan fingerprint density at radius 2 is 1.01 bits per heavy atom. The highest BCUT2D eigenvalue weighted by Crippen LogP contribution is 2.39. The molecular formula is C54H46BBr3Cl2N6O8S2. The number of phenols is 1. The number of para-hydroxylation sites is 2. The number of thiazole rings is 2. The van der Waals surface area contributed by atoms with E-state index >= 15 is 0 Å². The van der Waals surface area contributed by atoms with Gasteiger partial charge >= 0.3 is 3.18 Å². The average Bonchev–Trinajstić information content (AvgIpc) is 4.02. The van der Waals surface area contributed by atoms with Crippen molar-refractivity contribution in [3.63, 3.8) is 0 Å². The van der Waals surface area contributed by atoms with Crippen LogP contribution in [0, 0.1) is 27.7 Å². The van der Waals surface area contributed by atoms with Gasteiger partial charge in [-0.3, -0.25) is 19.2 Å². The SMILES string of the molecule is BrB(Br)Br.COc1c(C)cc(-c2ncc(CNC(=O)c3ccc4c(c3)NC(=O)c3ccccc3O4)s2)cc1C.Cc1cc(-c2ncc(CNC(=O)c3ccc4c(c3)NC(=O)c3ccccc3O4)s2)cc(C)c1O.ClCCl. The Hall–Kier alpha value is -6.26. The van der Waals surface area contributed by atoms with Crippen LogP contribution in [0.4, 0.5) is 11.4 Å². The number of hydrogen-bond acceptors (Lipinski definition) is 12. The van der Waals surface area contributed by atoms with E-state index in [0.717, 1.165) is 58.9 Å². The number of methoxy groups -OCH3 is 1. The summed E-state index contributed by atoms with van der Waals surface area (Å²) in [4.78, 5) is 61.5. The second-order valence-electron chi connectivity index (χ2n) is 16.6. The van der Waals surface area contributed by atoms with Gasteiger partial charge in [0.25, 0.3) is 23.6 Å². The van der Waals surface area contributed by atoms with Gasteiger partial charge in [-0.1, -0.05) is 24.3 Å². The van der Waals surface area contributed by atoms with Gasteiger partial charge in [0.15, 0.2) is 11.5 Å². The Balaban J connectivity index is 0.000000197. The molecule has 0 saturated carbocycles. The minimum Gasteiger partial charge on any atom is -0.507 e. The predicted molar refractivity (Wildman–Crippen MR) is 316 cm³/mol. The summed E-state index contributed by atoms with van der Waals surface area (Å²) in [6.45, 7) is 8.39. The van der Waals surface area contributed by atoms with Gasteiger partial charge < -0.3 is 40.6 Å². The fourth-order valence-electron chi connectivity index (χ4n) is 7.88. The number of aromatic hydroxyl groups is 1. The van der Waals surface area contributed by atoms with Crippen LogP contribution >= 0.6 is 93.1 Å². The summed E-state index contributed by atoms with van der Waals surface area (Å²) in [5, 5.41) is 23.4. The number of fused-ring (bicyclic) bond motifs is 4. The zero-order chi connectivity index (χ0) is 54.6. The van der Waals surface area contributed by atoms with Gasteiger partial charge in [-0.2, -0.15) is 0 Å². The fourth-order valence-corrected chi connectivity index (χ4v) is 9.56. The number of nitrogens with one attached hydrogen (secondary N) is 4. The molecule has 8 aromatic rings. The second-order valence-corrected chi connectivity index (χ2v) is 26.1. The van der Waals surface area contributed by atoms with Crippen molar-refractivity contribution < 1.29 is 38.5 Å². The second kappa shape index (κ2) is 26.7. The number of carbonyl (C=O) groups excluding carboxylic acids is 4. The van der Waals surface area contributed by atoms with Crippen LogP contribution in [0.25, 0.3) is 21.1 Å². The zero-order valence-corrected chi connectivity index (χ0v) is 49.1. The monoisotopic (exact) mass is 1290 g/mol. The van der Waals surface area contributed by atoms with E-state index in [2.05, 4.69) is 90.6 Å². The number of phenolic OH excluding ortho intramolecular Hbond substituents is 1. The standard InChI is InChI=1S/C27H23N3O4S.C26H21N3O4S.CH2Cl2.BBr3/c1-15-10-18(11-16(2)24(15)33-3)27-29-14-19(35-27)13-28-25(31)17-8-9-23-21(12-17)30-26(32)20-6-4-5-7-22(20)34-23;1-14-9-17(10-15(2)23(14)30)26-28-13-18(34-26)12-27-24(31)16-7-8-22-20(11-16)29-25(32)19-5-3-4-6-21(19)33-22;2-1-3;2-1(3)4/h4-12,14H,13H2,1-3H3,(H,28,31)(H,30,32);3-11,13,30H,12H2,1-2H3,(H,27,31)(H,29,32);1H2;. The molecule has 10 rings (SSSR count). The molecule has 390 valence electrons. The summed E-state index contributed by atoms with van der Waals surface area (Å²) in [5.41, 5.74) is 8.23. The lowest BCUT2D eigenvalue weighted by Gasteiger charge is -2.10. The van der Waals surface area contributed by atoms with Crippen LogP contribution < -0.4 is 35.5 Å². The quantitative estimate of drug-likeness (QED) is 0.0687. The first kappa shape index (κ1) is 57.4. The lowest BCUT2D eigenvalue weighted by molar-refractivity contribution is 0.0943. The highest BCUT2D eigenvalue weighted by atomic mass is 79.9. The average molecular weight is 1290 g/mol. The summed E-state index contributed by atoms with van der Waals surface area (Å²) in [7, 11) is 1.67. The molecule has 0 bridgehead atoms. The lowest BCUT2D eigenvalue weighted by atomic mass is 10.1. The maximum atomic E-state index is 12.8. The first-order valence-electron chi connectivity index (χ1n) is 22.9. The minimum atomic E-state index is -0.288. The zero-order valence-electron chi connectivity index (χ0n) is 41.2. The molecule has 2 aliphatic heterocycles. The number of halogens is 5. The molecule has 2 aliphatic rings. The van der Waals surface area contributed by atoms with Gasteiger partial charge in [0.05, 0.1) is 48.0 Å². The number of ether oxygens (including phenoxy) is 3. The van der Waals surface area contributed by atoms with Crippen LogP contribution in [0.2, 0.25) is 0 Å². The molecule has 4 heterocycles. The van der Waals surface area contributed by atoms with Crippen LogP contribution in [0.15, 0.2) is 122 Å². The molecule has 6 aromatic carbocycles. The molecule has 0 unspecified atom stereocenters. The first-order valence-corrected chi connectivity index (χ1v) is 28.3. The molecule has 0 spiro atoms. The van der Waals surface area contributed by atoms with Crippen LogP contribution in [0.1, 0.15) is 73.4 Å². The van der Waals surface area contributed by atoms with Gasteiger partial charge in [-0.25, -0.2) is 9.97 Å². The molecular weight excluding hydrogens is 1250 g/mol. The molecule has 0 radical (unpaired) electrons. The first-order chi connectivity index (χ1) is 36.5. The van der Waals surface area contributed by atoms with Crippen LogP contribution in [0.3, 0.4) is 0 Å². The van der Waals surface area contributed by atoms with Crippen LogP contribution in [-0.4, -0.2) is 54.3 Å². The molecule has 5 N–H and O–H groups in total. The number of alkyl halides is 2. The van der Waals surface area contributed by atoms with E-state index in [-0.39, 0.29) is 32.2 Å². The summed E-state index contributed by atoms with van der Waals surface area (Å²) >= 11 is 21.9. The Morgan fingerprint density at radius 3 is 1.41 bits per heavy atom. The van der Waals surface area contributed by atoms with E-state index in [4.69, 9.17) is 37.4 Å². The smallest absolute Gasteiger partial charge is 0.369 e. The number of aryl methyl sites for hydroxylation is 4. The summed E-state index contributed by atoms with van der Waals surface area (Å²) in [5.74, 6) is 1.98. The topological polar surface area (TPSA) is 190 Å². The van der Waals surface area contributed by atoms with Crippen molar-refractivity contribution in [2.75, 3.05) is 23.1 Å². The van der Waals surface area contributed by atoms with E-state index in [1.807, 2.05) is 39.8 Å². The normalized spacial score (nSPS) is 11.6. The number of anilines is 2. The van der Waals surface area contributed by atoms with Crippen molar-refractivity contribution >= 4 is 131 Å². The third-order valence-corrected chi connectivity index (χ3v) is 13.4. The number of nitrogens with zero attached hydrogens (tertiary/aromatic N) is 2. The van der Waals surface area contributed by atoms with Crippen LogP contribution in [0.5, 0.6) is 34.5 Å². The molecule has 0 aliphatic carbocycles. The lowest BCUT2D eigenvalue weighted by Crippen LogP contribution is -2.22. The molecule has 22 heteroatoms. The predicted octanol–water partition coefficient (Wildman–Crippen LogP) is 14.7. The number of aromatic nitrogens is 2. The van der Waals surface area contributed by atoms with Crippen molar-refractivity contribution in [2.24, 2.45) is 0 Å². The Morgan fingerprint density at radius 1 is 0.632 bits per heavy atom. The molecule has 0 atom stereocenters. The number of carbonyl (C=O) groups is 4. The van der Waals surface area contributed by atoms with Gasteiger partial charge in [0.1, 0.15) is 33.0 Å². The van der Waals surface area contributed by atoms with Crippen molar-refractivity contribution in [2.45, 2.75) is 40.8 Å². The maximum Gasteiger partial charge on any atom is 0.369 e. The van der Waals surface area contributed by atoms with Gasteiger partial charge in [-0.05, 0) is 135 Å². The van der Waals surface area contributed by atoms with E-state index < -0.39 is 0 Å². The van der Waals surface area contributed by atoms with Crippen molar-refractivity contribution in [1.29, 1.82) is 0 Å². The summed E-state index contributed by atoms with van der Waals surface area (Å²) in [6, 6.07) is 31.8. The number of benzene rings is 6. The van der Waals surface area contributed by atoms with E-state index in [1.54, 1.807) is 104 Å². The Labute approximate surface area is 481 Å². The number of rotatable bonds is 9. The van der Waals surface area contributed by atoms with Gasteiger partial charge in [0.2, 0.25) is 0 Å². The summed E-state index contributed by atoms with van der Waals surface area (Å²) < 4.78 is 17.5. The minimum absolute atomic E-state index is 0.194. The van der Waals surface area contributed by atoms with Crippen LogP contribution in [-0.2, 0) is 13.1 Å². The summed E-state index contributed by atoms with van der Waals surface area (Å²) in [6.07, 6.45) is 3.51. The third kappa shape index (κ3) is 14.6. The third-order valence-electron chi connectivity index (χ3n) is 11.3. The molecule has 4 amide bonds. The molecule has 76 heavy (non-hydrogen) atoms. The van der Waals surface area contributed by atoms with E-state index in [1.165, 1.54) is 22.7 Å². The van der Waals surface area contributed by atoms with E-state index in [0.29, 0.717) is 75.5 Å². The maximum absolute atomic E-state index is 12.8. The van der Waals surface area contributed by atoms with Gasteiger partial charge in [0, 0.05) is 44.4 Å². The fraction of sp³-hybridized carbons (Fsp3) is 0.148. The Bertz CT molecular complexity index is 3410. The van der Waals surface area contributed by atoms with Crippen molar-refractivity contribution in [1.82, 2.24) is 20.6 Å². The molecule has 2 aromatic heterocycles. The molecule has 0 fully saturated rings. The van der Waals surface area contributed by atoms with Crippen molar-refractivity contribution in [3.8, 4) is 55.6 Å². The Kier molecular flexibility index (Phi) is 20.2. The molecule has 0 saturated heterocycles. The van der Waals surface area contributed by atoms with E-state index in [9.17, 15) is 24.3 Å². The highest BCUT2D eigenvalue weighted by Gasteiger charge is 2.24. The highest BCUT2D eigenvalue weighted by molar-refractivity contribution is 9.69.